The Hall–Kier alpha value is -3.27. The number of carbonyl (C=O) groups excluding carboxylic acids is 2. The first-order valence-corrected chi connectivity index (χ1v) is 7.65. The molecule has 0 radical (unpaired) electrons. The number of ether oxygens (including phenoxy) is 2. The van der Waals surface area contributed by atoms with E-state index in [0.29, 0.717) is 24.2 Å². The van der Waals surface area contributed by atoms with E-state index >= 15 is 0 Å². The van der Waals surface area contributed by atoms with E-state index in [9.17, 15) is 9.59 Å². The molecule has 2 rings (SSSR count). The van der Waals surface area contributed by atoms with E-state index in [0.717, 1.165) is 5.56 Å². The standard InChI is InChI=1S/C18H19N3O4/c1-21-16(17(22)24-2)15(12-20-21)10-6-7-11-19-18(23)25-13-14-8-4-3-5-9-14/h3-5,8-9,12H,7,11,13H2,1-2H3,(H,19,23). The molecular formula is C18H19N3O4. The molecule has 1 N–H and O–H groups in total. The summed E-state index contributed by atoms with van der Waals surface area (Å²) in [6, 6.07) is 9.42. The molecule has 0 bridgehead atoms. The SMILES string of the molecule is COC(=O)c1c(C#CCCNC(=O)OCc2ccccc2)cnn1C. The molecule has 0 spiro atoms. The van der Waals surface area contributed by atoms with Gasteiger partial charge in [-0.2, -0.15) is 5.10 Å². The number of alkyl carbamates (subject to hydrolysis) is 1. The molecule has 0 saturated carbocycles. The Kier molecular flexibility index (Phi) is 6.60. The zero-order valence-corrected chi connectivity index (χ0v) is 14.1. The van der Waals surface area contributed by atoms with Gasteiger partial charge in [-0.25, -0.2) is 9.59 Å². The molecule has 0 aliphatic carbocycles. The van der Waals surface area contributed by atoms with Crippen LogP contribution in [-0.2, 0) is 23.1 Å². The topological polar surface area (TPSA) is 82.4 Å². The summed E-state index contributed by atoms with van der Waals surface area (Å²) >= 11 is 0. The lowest BCUT2D eigenvalue weighted by atomic mass is 10.2. The molecular weight excluding hydrogens is 322 g/mol. The summed E-state index contributed by atoms with van der Waals surface area (Å²) < 4.78 is 11.2. The van der Waals surface area contributed by atoms with Crippen LogP contribution in [0.15, 0.2) is 36.5 Å². The third-order valence-corrected chi connectivity index (χ3v) is 3.27. The maximum absolute atomic E-state index is 11.7. The predicted octanol–water partition coefficient (Wildman–Crippen LogP) is 1.87. The molecule has 1 heterocycles. The number of aromatic nitrogens is 2. The minimum absolute atomic E-state index is 0.219. The fourth-order valence-corrected chi connectivity index (χ4v) is 2.03. The van der Waals surface area contributed by atoms with Crippen molar-refractivity contribution >= 4 is 12.1 Å². The second-order valence-electron chi connectivity index (χ2n) is 5.06. The lowest BCUT2D eigenvalue weighted by Crippen LogP contribution is -2.24. The summed E-state index contributed by atoms with van der Waals surface area (Å²) in [7, 11) is 2.94. The number of hydrogen-bond donors (Lipinski definition) is 1. The molecule has 0 atom stereocenters. The number of amides is 1. The van der Waals surface area contributed by atoms with E-state index < -0.39 is 12.1 Å². The van der Waals surface area contributed by atoms with Crippen LogP contribution >= 0.6 is 0 Å². The summed E-state index contributed by atoms with van der Waals surface area (Å²) in [5, 5.41) is 6.61. The maximum Gasteiger partial charge on any atom is 0.407 e. The monoisotopic (exact) mass is 341 g/mol. The Bertz CT molecular complexity index is 788. The normalized spacial score (nSPS) is 9.68. The van der Waals surface area contributed by atoms with Crippen molar-refractivity contribution in [3.63, 3.8) is 0 Å². The number of aryl methyl sites for hydroxylation is 1. The third kappa shape index (κ3) is 5.39. The van der Waals surface area contributed by atoms with Gasteiger partial charge >= 0.3 is 12.1 Å². The molecule has 1 aromatic heterocycles. The molecule has 0 saturated heterocycles. The fraction of sp³-hybridized carbons (Fsp3) is 0.278. The van der Waals surface area contributed by atoms with Crippen molar-refractivity contribution in [2.45, 2.75) is 13.0 Å². The molecule has 2 aromatic rings. The van der Waals surface area contributed by atoms with Crippen LogP contribution in [0.4, 0.5) is 4.79 Å². The number of methoxy groups -OCH3 is 1. The minimum atomic E-state index is -0.498. The molecule has 0 unspecified atom stereocenters. The number of hydrogen-bond acceptors (Lipinski definition) is 5. The van der Waals surface area contributed by atoms with Gasteiger partial charge in [0.25, 0.3) is 0 Å². The molecule has 130 valence electrons. The van der Waals surface area contributed by atoms with Crippen LogP contribution in [-0.4, -0.2) is 35.5 Å². The van der Waals surface area contributed by atoms with Crippen LogP contribution in [0, 0.1) is 11.8 Å². The molecule has 7 nitrogen and oxygen atoms in total. The first-order valence-electron chi connectivity index (χ1n) is 7.65. The number of benzene rings is 1. The van der Waals surface area contributed by atoms with Crippen LogP contribution in [0.1, 0.15) is 28.0 Å². The van der Waals surface area contributed by atoms with E-state index in [-0.39, 0.29) is 6.61 Å². The zero-order valence-electron chi connectivity index (χ0n) is 14.1. The smallest absolute Gasteiger partial charge is 0.407 e. The minimum Gasteiger partial charge on any atom is -0.464 e. The Labute approximate surface area is 145 Å². The van der Waals surface area contributed by atoms with Crippen molar-refractivity contribution in [2.75, 3.05) is 13.7 Å². The van der Waals surface area contributed by atoms with Crippen molar-refractivity contribution in [3.05, 3.63) is 53.3 Å². The number of esters is 1. The largest absolute Gasteiger partial charge is 0.464 e. The van der Waals surface area contributed by atoms with E-state index in [1.54, 1.807) is 7.05 Å². The van der Waals surface area contributed by atoms with Crippen molar-refractivity contribution in [1.82, 2.24) is 15.1 Å². The lowest BCUT2D eigenvalue weighted by molar-refractivity contribution is 0.0588. The Morgan fingerprint density at radius 1 is 1.28 bits per heavy atom. The van der Waals surface area contributed by atoms with Crippen molar-refractivity contribution < 1.29 is 19.1 Å². The second kappa shape index (κ2) is 9.13. The number of rotatable bonds is 5. The predicted molar refractivity (Wildman–Crippen MR) is 90.7 cm³/mol. The second-order valence-corrected chi connectivity index (χ2v) is 5.06. The van der Waals surface area contributed by atoms with Gasteiger partial charge in [-0.1, -0.05) is 42.2 Å². The Morgan fingerprint density at radius 3 is 2.76 bits per heavy atom. The highest BCUT2D eigenvalue weighted by molar-refractivity contribution is 5.90. The average molecular weight is 341 g/mol. The zero-order chi connectivity index (χ0) is 18.1. The van der Waals surface area contributed by atoms with Gasteiger partial charge in [0.15, 0.2) is 5.69 Å². The van der Waals surface area contributed by atoms with E-state index in [1.807, 2.05) is 30.3 Å². The molecule has 0 aliphatic heterocycles. The van der Waals surface area contributed by atoms with Crippen LogP contribution in [0.2, 0.25) is 0 Å². The van der Waals surface area contributed by atoms with Gasteiger partial charge in [-0.15, -0.1) is 0 Å². The summed E-state index contributed by atoms with van der Waals surface area (Å²) in [6.07, 6.45) is 1.42. The van der Waals surface area contributed by atoms with Crippen LogP contribution in [0.5, 0.6) is 0 Å². The summed E-state index contributed by atoms with van der Waals surface area (Å²) in [6.45, 7) is 0.560. The number of carbonyl (C=O) groups is 2. The summed E-state index contributed by atoms with van der Waals surface area (Å²) in [5.74, 6) is 5.24. The van der Waals surface area contributed by atoms with Crippen molar-refractivity contribution in [1.29, 1.82) is 0 Å². The van der Waals surface area contributed by atoms with E-state index in [4.69, 9.17) is 9.47 Å². The quantitative estimate of drug-likeness (QED) is 0.510. The van der Waals surface area contributed by atoms with Gasteiger partial charge in [0.05, 0.1) is 18.9 Å². The fourth-order valence-electron chi connectivity index (χ4n) is 2.03. The van der Waals surface area contributed by atoms with Gasteiger partial charge in [-0.05, 0) is 5.56 Å². The van der Waals surface area contributed by atoms with Crippen LogP contribution in [0.25, 0.3) is 0 Å². The molecule has 7 heteroatoms. The molecule has 25 heavy (non-hydrogen) atoms. The van der Waals surface area contributed by atoms with Gasteiger partial charge in [0.2, 0.25) is 0 Å². The van der Waals surface area contributed by atoms with Gasteiger partial charge in [-0.3, -0.25) is 4.68 Å². The maximum atomic E-state index is 11.7. The first-order chi connectivity index (χ1) is 12.1. The molecule has 0 fully saturated rings. The molecule has 1 aromatic carbocycles. The van der Waals surface area contributed by atoms with Gasteiger partial charge in [0, 0.05) is 20.0 Å². The van der Waals surface area contributed by atoms with Crippen LogP contribution < -0.4 is 5.32 Å². The number of nitrogens with zero attached hydrogens (tertiary/aromatic N) is 2. The highest BCUT2D eigenvalue weighted by atomic mass is 16.5. The van der Waals surface area contributed by atoms with Gasteiger partial charge < -0.3 is 14.8 Å². The Balaban J connectivity index is 1.76. The first kappa shape index (κ1) is 18.1. The average Bonchev–Trinajstić information content (AvgIpc) is 3.00. The highest BCUT2D eigenvalue weighted by Crippen LogP contribution is 2.07. The molecule has 0 aliphatic rings. The van der Waals surface area contributed by atoms with Crippen molar-refractivity contribution in [3.8, 4) is 11.8 Å². The summed E-state index contributed by atoms with van der Waals surface area (Å²) in [5.41, 5.74) is 1.70. The molecule has 1 amide bonds. The summed E-state index contributed by atoms with van der Waals surface area (Å²) in [4.78, 5) is 23.2. The highest BCUT2D eigenvalue weighted by Gasteiger charge is 2.15. The lowest BCUT2D eigenvalue weighted by Gasteiger charge is -2.05. The van der Waals surface area contributed by atoms with E-state index in [1.165, 1.54) is 18.0 Å². The van der Waals surface area contributed by atoms with Crippen molar-refractivity contribution in [2.24, 2.45) is 7.05 Å². The number of nitrogens with one attached hydrogen (secondary N) is 1. The van der Waals surface area contributed by atoms with E-state index in [2.05, 4.69) is 22.3 Å². The Morgan fingerprint density at radius 2 is 2.04 bits per heavy atom. The van der Waals surface area contributed by atoms with Gasteiger partial charge in [0.1, 0.15) is 6.61 Å². The third-order valence-electron chi connectivity index (χ3n) is 3.27. The van der Waals surface area contributed by atoms with Crippen LogP contribution in [0.3, 0.4) is 0 Å².